The van der Waals surface area contributed by atoms with E-state index < -0.39 is 12.0 Å². The van der Waals surface area contributed by atoms with Crippen molar-refractivity contribution in [1.82, 2.24) is 4.90 Å². The first-order chi connectivity index (χ1) is 10.7. The summed E-state index contributed by atoms with van der Waals surface area (Å²) < 4.78 is 15.6. The Balaban J connectivity index is 1.78. The van der Waals surface area contributed by atoms with E-state index in [4.69, 9.17) is 14.2 Å². The van der Waals surface area contributed by atoms with E-state index in [1.807, 2.05) is 4.90 Å². The highest BCUT2D eigenvalue weighted by Crippen LogP contribution is 2.31. The van der Waals surface area contributed by atoms with Gasteiger partial charge in [0.15, 0.2) is 0 Å². The lowest BCUT2D eigenvalue weighted by molar-refractivity contribution is -0.147. The fourth-order valence-corrected chi connectivity index (χ4v) is 3.47. The van der Waals surface area contributed by atoms with E-state index in [1.54, 1.807) is 18.2 Å². The van der Waals surface area contributed by atoms with Crippen LogP contribution in [-0.4, -0.2) is 62.4 Å². The van der Waals surface area contributed by atoms with Crippen molar-refractivity contribution in [3.05, 3.63) is 23.8 Å². The van der Waals surface area contributed by atoms with Crippen LogP contribution in [0.3, 0.4) is 0 Å². The lowest BCUT2D eigenvalue weighted by Crippen LogP contribution is -2.49. The molecule has 4 unspecified atom stereocenters. The van der Waals surface area contributed by atoms with Gasteiger partial charge in [0.1, 0.15) is 5.92 Å². The second-order valence-electron chi connectivity index (χ2n) is 5.87. The van der Waals surface area contributed by atoms with E-state index in [-0.39, 0.29) is 24.0 Å². The van der Waals surface area contributed by atoms with Crippen LogP contribution in [0.5, 0.6) is 0 Å². The number of amides is 1. The Kier molecular flexibility index (Phi) is 4.31. The molecule has 1 amide bonds. The number of rotatable bonds is 3. The van der Waals surface area contributed by atoms with Crippen molar-refractivity contribution in [3.8, 4) is 0 Å². The molecule has 0 aromatic rings. The highest BCUT2D eigenvalue weighted by Gasteiger charge is 2.41. The third kappa shape index (κ3) is 2.57. The number of ether oxygens (including phenoxy) is 3. The van der Waals surface area contributed by atoms with Crippen molar-refractivity contribution in [2.24, 2.45) is 5.92 Å². The molecule has 6 heteroatoms. The van der Waals surface area contributed by atoms with Crippen LogP contribution in [0.25, 0.3) is 0 Å². The number of fused-ring (bicyclic) bond motifs is 2. The molecule has 3 aliphatic rings. The van der Waals surface area contributed by atoms with Gasteiger partial charge in [-0.1, -0.05) is 12.2 Å². The van der Waals surface area contributed by atoms with Gasteiger partial charge >= 0.3 is 5.97 Å². The monoisotopic (exact) mass is 307 g/mol. The molecule has 4 atom stereocenters. The van der Waals surface area contributed by atoms with Gasteiger partial charge in [0.05, 0.1) is 38.5 Å². The van der Waals surface area contributed by atoms with Crippen LogP contribution in [0, 0.1) is 5.92 Å². The number of nitrogens with zero attached hydrogens (tertiary/aromatic N) is 1. The Morgan fingerprint density at radius 3 is 2.50 bits per heavy atom. The Morgan fingerprint density at radius 1 is 1.23 bits per heavy atom. The van der Waals surface area contributed by atoms with Gasteiger partial charge in [-0.3, -0.25) is 9.59 Å². The Bertz CT molecular complexity index is 511. The number of carbonyl (C=O) groups is 2. The first-order valence-electron chi connectivity index (χ1n) is 7.56. The molecule has 0 aromatic heterocycles. The number of methoxy groups -OCH3 is 2. The number of hydrogen-bond acceptors (Lipinski definition) is 5. The van der Waals surface area contributed by atoms with Gasteiger partial charge in [-0.2, -0.15) is 0 Å². The number of hydrogen-bond donors (Lipinski definition) is 0. The fraction of sp³-hybridized carbons (Fsp3) is 0.625. The molecule has 0 aromatic carbocycles. The van der Waals surface area contributed by atoms with Crippen LogP contribution < -0.4 is 0 Å². The van der Waals surface area contributed by atoms with Crippen LogP contribution in [-0.2, 0) is 23.8 Å². The molecule has 0 radical (unpaired) electrons. The molecule has 1 aliphatic carbocycles. The van der Waals surface area contributed by atoms with Gasteiger partial charge in [-0.15, -0.1) is 0 Å². The van der Waals surface area contributed by atoms with Crippen LogP contribution in [0.1, 0.15) is 12.8 Å². The smallest absolute Gasteiger partial charge is 0.315 e. The molecule has 0 spiro atoms. The molecule has 120 valence electrons. The maximum Gasteiger partial charge on any atom is 0.315 e. The molecular formula is C16H21NO5. The number of morpholine rings is 1. The summed E-state index contributed by atoms with van der Waals surface area (Å²) in [6.07, 6.45) is 6.62. The van der Waals surface area contributed by atoms with E-state index in [0.717, 1.165) is 12.8 Å². The zero-order valence-corrected chi connectivity index (χ0v) is 12.9. The molecule has 0 saturated carbocycles. The third-order valence-electron chi connectivity index (χ3n) is 4.65. The SMILES string of the molecule is COC(=O)C1C=CC(C(=O)N2C3CCC2COC3)=CC1OC. The van der Waals surface area contributed by atoms with Gasteiger partial charge in [-0.25, -0.2) is 0 Å². The first kappa shape index (κ1) is 15.2. The van der Waals surface area contributed by atoms with E-state index >= 15 is 0 Å². The molecule has 6 nitrogen and oxygen atoms in total. The molecule has 3 rings (SSSR count). The van der Waals surface area contributed by atoms with Crippen molar-refractivity contribution >= 4 is 11.9 Å². The summed E-state index contributed by atoms with van der Waals surface area (Å²) >= 11 is 0. The second-order valence-corrected chi connectivity index (χ2v) is 5.87. The largest absolute Gasteiger partial charge is 0.468 e. The molecule has 2 bridgehead atoms. The number of carbonyl (C=O) groups excluding carboxylic acids is 2. The lowest BCUT2D eigenvalue weighted by Gasteiger charge is -2.35. The van der Waals surface area contributed by atoms with Gasteiger partial charge in [-0.05, 0) is 18.9 Å². The highest BCUT2D eigenvalue weighted by molar-refractivity contribution is 5.97. The fourth-order valence-electron chi connectivity index (χ4n) is 3.47. The van der Waals surface area contributed by atoms with E-state index in [9.17, 15) is 9.59 Å². The molecule has 2 heterocycles. The van der Waals surface area contributed by atoms with Crippen molar-refractivity contribution in [2.45, 2.75) is 31.0 Å². The van der Waals surface area contributed by atoms with E-state index in [1.165, 1.54) is 14.2 Å². The van der Waals surface area contributed by atoms with Gasteiger partial charge in [0.2, 0.25) is 0 Å². The van der Waals surface area contributed by atoms with Crippen LogP contribution in [0.2, 0.25) is 0 Å². The molecule has 2 aliphatic heterocycles. The van der Waals surface area contributed by atoms with Crippen molar-refractivity contribution in [3.63, 3.8) is 0 Å². The van der Waals surface area contributed by atoms with Crippen molar-refractivity contribution in [2.75, 3.05) is 27.4 Å². The summed E-state index contributed by atoms with van der Waals surface area (Å²) in [5.41, 5.74) is 0.575. The van der Waals surface area contributed by atoms with Gasteiger partial charge < -0.3 is 19.1 Å². The third-order valence-corrected chi connectivity index (χ3v) is 4.65. The number of esters is 1. The summed E-state index contributed by atoms with van der Waals surface area (Å²) in [6.45, 7) is 1.22. The van der Waals surface area contributed by atoms with Gasteiger partial charge in [0, 0.05) is 12.7 Å². The topological polar surface area (TPSA) is 65.1 Å². The standard InChI is InChI=1S/C16H21NO5/c1-20-14-7-10(3-6-13(14)16(19)21-2)15(18)17-11-4-5-12(17)9-22-8-11/h3,6-7,11-14H,4-5,8-9H2,1-2H3. The summed E-state index contributed by atoms with van der Waals surface area (Å²) in [4.78, 5) is 26.5. The predicted octanol–water partition coefficient (Wildman–Crippen LogP) is 0.677. The van der Waals surface area contributed by atoms with Crippen molar-refractivity contribution < 1.29 is 23.8 Å². The second kappa shape index (κ2) is 6.22. The highest BCUT2D eigenvalue weighted by atomic mass is 16.5. The maximum atomic E-state index is 12.8. The minimum Gasteiger partial charge on any atom is -0.468 e. The summed E-state index contributed by atoms with van der Waals surface area (Å²) in [6, 6.07) is 0.333. The Labute approximate surface area is 129 Å². The Hall–Kier alpha value is -1.66. The molecule has 22 heavy (non-hydrogen) atoms. The summed E-state index contributed by atoms with van der Waals surface area (Å²) in [5, 5.41) is 0. The first-order valence-corrected chi connectivity index (χ1v) is 7.56. The predicted molar refractivity (Wildman–Crippen MR) is 78.0 cm³/mol. The van der Waals surface area contributed by atoms with Crippen molar-refractivity contribution in [1.29, 1.82) is 0 Å². The maximum absolute atomic E-state index is 12.8. The normalized spacial score (nSPS) is 33.5. The zero-order chi connectivity index (χ0) is 15.7. The minimum atomic E-state index is -0.507. The van der Waals surface area contributed by atoms with Gasteiger partial charge in [0.25, 0.3) is 5.91 Å². The molecular weight excluding hydrogens is 286 g/mol. The van der Waals surface area contributed by atoms with E-state index in [2.05, 4.69) is 0 Å². The average Bonchev–Trinajstić information content (AvgIpc) is 2.81. The summed E-state index contributed by atoms with van der Waals surface area (Å²) in [5.74, 6) is -0.873. The Morgan fingerprint density at radius 2 is 1.91 bits per heavy atom. The molecule has 0 N–H and O–H groups in total. The average molecular weight is 307 g/mol. The molecule has 2 fully saturated rings. The lowest BCUT2D eigenvalue weighted by atomic mass is 9.93. The van der Waals surface area contributed by atoms with E-state index in [0.29, 0.717) is 18.8 Å². The summed E-state index contributed by atoms with van der Waals surface area (Å²) in [7, 11) is 2.87. The zero-order valence-electron chi connectivity index (χ0n) is 12.9. The van der Waals surface area contributed by atoms with Crippen LogP contribution >= 0.6 is 0 Å². The minimum absolute atomic E-state index is 0.00239. The van der Waals surface area contributed by atoms with Crippen LogP contribution in [0.15, 0.2) is 23.8 Å². The molecule has 2 saturated heterocycles. The van der Waals surface area contributed by atoms with Crippen LogP contribution in [0.4, 0.5) is 0 Å². The quantitative estimate of drug-likeness (QED) is 0.717.